The summed E-state index contributed by atoms with van der Waals surface area (Å²) < 4.78 is 32.4. The molecule has 0 aliphatic carbocycles. The van der Waals surface area contributed by atoms with Gasteiger partial charge in [0.15, 0.2) is 6.04 Å². The van der Waals surface area contributed by atoms with Gasteiger partial charge in [-0.3, -0.25) is 19.3 Å². The monoisotopic (exact) mass is 426 g/mol. The van der Waals surface area contributed by atoms with E-state index in [4.69, 9.17) is 10.5 Å². The molecule has 0 saturated carbocycles. The number of nitrogens with one attached hydrogen (secondary N) is 1. The molecule has 0 radical (unpaired) electrons. The van der Waals surface area contributed by atoms with Crippen molar-refractivity contribution in [2.24, 2.45) is 11.7 Å². The molecule has 1 fully saturated rings. The molecule has 30 heavy (non-hydrogen) atoms. The summed E-state index contributed by atoms with van der Waals surface area (Å²) in [6.07, 6.45) is -2.87. The number of nitrogens with zero attached hydrogens (tertiary/aromatic N) is 2. The molecule has 1 atom stereocenters. The van der Waals surface area contributed by atoms with Gasteiger partial charge in [-0.05, 0) is 30.7 Å². The van der Waals surface area contributed by atoms with E-state index in [-0.39, 0.29) is 37.1 Å². The lowest BCUT2D eigenvalue weighted by molar-refractivity contribution is -0.132. The number of carbonyl (C=O) groups excluding carboxylic acids is 3. The lowest BCUT2D eigenvalue weighted by Gasteiger charge is -2.30. The maximum absolute atomic E-state index is 13.7. The zero-order valence-electron chi connectivity index (χ0n) is 17.4. The summed E-state index contributed by atoms with van der Waals surface area (Å²) in [5.41, 5.74) is 5.20. The summed E-state index contributed by atoms with van der Waals surface area (Å²) in [5.74, 6) is -1.74. The average molecular weight is 426 g/mol. The summed E-state index contributed by atoms with van der Waals surface area (Å²) in [6, 6.07) is 2.65. The molecule has 0 spiro atoms. The zero-order chi connectivity index (χ0) is 22.4. The van der Waals surface area contributed by atoms with Crippen molar-refractivity contribution >= 4 is 29.1 Å². The lowest BCUT2D eigenvalue weighted by atomic mass is 10.1. The molecule has 3 N–H and O–H groups in total. The second-order valence-corrected chi connectivity index (χ2v) is 7.45. The molecule has 0 bridgehead atoms. The van der Waals surface area contributed by atoms with Gasteiger partial charge in [-0.2, -0.15) is 0 Å². The van der Waals surface area contributed by atoms with E-state index < -0.39 is 35.8 Å². The van der Waals surface area contributed by atoms with Crippen LogP contribution in [0, 0.1) is 5.92 Å². The standard InChI is InChI=1S/C20H28F2N4O4/c1-4-25(10-12(2)3)17(19(23)28)20(29)24-13-5-6-15(14(9-13)18(21)22)26-7-8-30-11-16(26)27/h5-6,9,12,17-18H,4,7-8,10-11H2,1-3H3,(H2,23,28)(H,24,29)/t17-/m1/s1. The van der Waals surface area contributed by atoms with Gasteiger partial charge in [-0.1, -0.05) is 20.8 Å². The number of ether oxygens (including phenoxy) is 1. The number of hydrogen-bond acceptors (Lipinski definition) is 5. The van der Waals surface area contributed by atoms with Gasteiger partial charge in [0, 0.05) is 24.3 Å². The first-order valence-electron chi connectivity index (χ1n) is 9.80. The van der Waals surface area contributed by atoms with Gasteiger partial charge in [-0.25, -0.2) is 8.78 Å². The summed E-state index contributed by atoms with van der Waals surface area (Å²) >= 11 is 0. The Morgan fingerprint density at radius 2 is 2.03 bits per heavy atom. The number of primary amides is 1. The van der Waals surface area contributed by atoms with E-state index in [2.05, 4.69) is 5.32 Å². The van der Waals surface area contributed by atoms with Gasteiger partial charge in [0.2, 0.25) is 5.91 Å². The Hall–Kier alpha value is -2.59. The predicted molar refractivity (Wildman–Crippen MR) is 108 cm³/mol. The third-order valence-corrected chi connectivity index (χ3v) is 4.70. The van der Waals surface area contributed by atoms with Gasteiger partial charge in [0.05, 0.1) is 12.3 Å². The number of halogens is 2. The fraction of sp³-hybridized carbons (Fsp3) is 0.550. The smallest absolute Gasteiger partial charge is 0.265 e. The molecule has 1 saturated heterocycles. The summed E-state index contributed by atoms with van der Waals surface area (Å²) in [7, 11) is 0. The SMILES string of the molecule is CCN(CC(C)C)[C@H](C(N)=O)C(=O)Nc1ccc(N2CCOCC2=O)c(C(F)F)c1. The van der Waals surface area contributed by atoms with E-state index in [0.717, 1.165) is 6.07 Å². The highest BCUT2D eigenvalue weighted by atomic mass is 19.3. The Labute approximate surface area is 174 Å². The van der Waals surface area contributed by atoms with Crippen LogP contribution in [0.1, 0.15) is 32.8 Å². The summed E-state index contributed by atoms with van der Waals surface area (Å²) in [6.45, 7) is 6.80. The fourth-order valence-electron chi connectivity index (χ4n) is 3.40. The van der Waals surface area contributed by atoms with Crippen molar-refractivity contribution < 1.29 is 27.9 Å². The van der Waals surface area contributed by atoms with E-state index in [1.165, 1.54) is 17.0 Å². The van der Waals surface area contributed by atoms with Crippen molar-refractivity contribution in [2.45, 2.75) is 33.2 Å². The topological polar surface area (TPSA) is 105 Å². The van der Waals surface area contributed by atoms with Crippen LogP contribution in [0.3, 0.4) is 0 Å². The summed E-state index contributed by atoms with van der Waals surface area (Å²) in [5, 5.41) is 2.51. The number of morpholine rings is 1. The Bertz CT molecular complexity index is 788. The largest absolute Gasteiger partial charge is 0.370 e. The predicted octanol–water partition coefficient (Wildman–Crippen LogP) is 1.76. The number of hydrogen-bond donors (Lipinski definition) is 2. The molecule has 1 aromatic rings. The number of likely N-dealkylation sites (N-methyl/N-ethyl adjacent to an activating group) is 1. The van der Waals surface area contributed by atoms with Gasteiger partial charge in [0.25, 0.3) is 18.2 Å². The molecule has 1 heterocycles. The van der Waals surface area contributed by atoms with Crippen molar-refractivity contribution in [3.8, 4) is 0 Å². The first-order valence-corrected chi connectivity index (χ1v) is 9.80. The maximum Gasteiger partial charge on any atom is 0.265 e. The average Bonchev–Trinajstić information content (AvgIpc) is 2.67. The minimum absolute atomic E-state index is 0.0674. The van der Waals surface area contributed by atoms with Gasteiger partial charge in [-0.15, -0.1) is 0 Å². The molecule has 1 aliphatic heterocycles. The molecule has 1 aliphatic rings. The second kappa shape index (κ2) is 10.4. The number of benzene rings is 1. The Morgan fingerprint density at radius 1 is 1.33 bits per heavy atom. The highest BCUT2D eigenvalue weighted by Gasteiger charge is 2.31. The van der Waals surface area contributed by atoms with E-state index in [1.54, 1.807) is 11.8 Å². The number of rotatable bonds is 9. The normalized spacial score (nSPS) is 15.7. The van der Waals surface area contributed by atoms with Crippen molar-refractivity contribution in [1.29, 1.82) is 0 Å². The molecule has 2 rings (SSSR count). The van der Waals surface area contributed by atoms with E-state index in [9.17, 15) is 23.2 Å². The third-order valence-electron chi connectivity index (χ3n) is 4.70. The van der Waals surface area contributed by atoms with Gasteiger partial charge < -0.3 is 20.7 Å². The zero-order valence-corrected chi connectivity index (χ0v) is 17.4. The molecule has 0 unspecified atom stereocenters. The molecule has 10 heteroatoms. The van der Waals surface area contributed by atoms with Crippen molar-refractivity contribution in [1.82, 2.24) is 4.90 Å². The molecular formula is C20H28F2N4O4. The third kappa shape index (κ3) is 5.73. The van der Waals surface area contributed by atoms with Crippen LogP contribution in [-0.2, 0) is 19.1 Å². The molecule has 3 amide bonds. The van der Waals surface area contributed by atoms with E-state index in [0.29, 0.717) is 13.1 Å². The van der Waals surface area contributed by atoms with Crippen LogP contribution in [0.5, 0.6) is 0 Å². The highest BCUT2D eigenvalue weighted by Crippen LogP contribution is 2.33. The van der Waals surface area contributed by atoms with Crippen molar-refractivity contribution in [3.63, 3.8) is 0 Å². The quantitative estimate of drug-likeness (QED) is 0.586. The van der Waals surface area contributed by atoms with Crippen molar-refractivity contribution in [2.75, 3.05) is 43.1 Å². The molecule has 8 nitrogen and oxygen atoms in total. The van der Waals surface area contributed by atoms with Crippen LogP contribution in [0.15, 0.2) is 18.2 Å². The van der Waals surface area contributed by atoms with Crippen LogP contribution in [-0.4, -0.2) is 61.5 Å². The van der Waals surface area contributed by atoms with E-state index >= 15 is 0 Å². The number of carbonyl (C=O) groups is 3. The van der Waals surface area contributed by atoms with Crippen LogP contribution >= 0.6 is 0 Å². The number of nitrogens with two attached hydrogens (primary N) is 1. The highest BCUT2D eigenvalue weighted by molar-refractivity contribution is 6.09. The number of amides is 3. The first kappa shape index (κ1) is 23.7. The van der Waals surface area contributed by atoms with Crippen molar-refractivity contribution in [3.05, 3.63) is 23.8 Å². The minimum Gasteiger partial charge on any atom is -0.370 e. The Morgan fingerprint density at radius 3 is 2.57 bits per heavy atom. The molecular weight excluding hydrogens is 398 g/mol. The van der Waals surface area contributed by atoms with Crippen LogP contribution in [0.2, 0.25) is 0 Å². The molecule has 0 aromatic heterocycles. The van der Waals surface area contributed by atoms with Gasteiger partial charge in [0.1, 0.15) is 6.61 Å². The first-order chi connectivity index (χ1) is 14.1. The lowest BCUT2D eigenvalue weighted by Crippen LogP contribution is -2.53. The Balaban J connectivity index is 2.28. The maximum atomic E-state index is 13.7. The number of anilines is 2. The fourth-order valence-corrected chi connectivity index (χ4v) is 3.40. The van der Waals surface area contributed by atoms with E-state index in [1.807, 2.05) is 13.8 Å². The van der Waals surface area contributed by atoms with Crippen LogP contribution < -0.4 is 16.0 Å². The Kier molecular flexibility index (Phi) is 8.24. The molecule has 166 valence electrons. The van der Waals surface area contributed by atoms with Gasteiger partial charge >= 0.3 is 0 Å². The minimum atomic E-state index is -2.87. The van der Waals surface area contributed by atoms with Crippen LogP contribution in [0.25, 0.3) is 0 Å². The molecule has 1 aromatic carbocycles. The number of alkyl halides is 2. The second-order valence-electron chi connectivity index (χ2n) is 7.45. The summed E-state index contributed by atoms with van der Waals surface area (Å²) in [4.78, 5) is 39.6. The van der Waals surface area contributed by atoms with Crippen LogP contribution in [0.4, 0.5) is 20.2 Å².